The van der Waals surface area contributed by atoms with Gasteiger partial charge in [0.2, 0.25) is 0 Å². The van der Waals surface area contributed by atoms with Crippen LogP contribution in [0.3, 0.4) is 0 Å². The minimum absolute atomic E-state index is 0.0135. The smallest absolute Gasteiger partial charge is 0.269 e. The normalized spacial score (nSPS) is 13.2. The zero-order valence-electron chi connectivity index (χ0n) is 14.4. The Morgan fingerprint density at radius 3 is 2.04 bits per heavy atom. The molecule has 0 heterocycles. The third-order valence-corrected chi connectivity index (χ3v) is 4.40. The van der Waals surface area contributed by atoms with Gasteiger partial charge in [-0.05, 0) is 53.5 Å². The topological polar surface area (TPSA) is 9.23 Å². The Bertz CT molecular complexity index is 675. The summed E-state index contributed by atoms with van der Waals surface area (Å²) in [5, 5.41) is 0. The molecular formula is C21H24F2O. The lowest BCUT2D eigenvalue weighted by atomic mass is 9.87. The van der Waals surface area contributed by atoms with Crippen molar-refractivity contribution in [1.29, 1.82) is 0 Å². The molecule has 0 saturated carbocycles. The van der Waals surface area contributed by atoms with Crippen LogP contribution in [0.2, 0.25) is 0 Å². The van der Waals surface area contributed by atoms with Crippen LogP contribution in [0.25, 0.3) is 0 Å². The molecule has 1 nitrogen and oxygen atoms in total. The fourth-order valence-corrected chi connectivity index (χ4v) is 2.94. The standard InChI is InChI=1S/C21H24F2O/c1-15(17-8-5-4-6-9-17)12-19(21(22)23)13-16(2)18-10-7-11-20(14-18)24-3/h4-11,14-16H,12-13H2,1-3H3. The molecule has 2 aromatic rings. The van der Waals surface area contributed by atoms with Gasteiger partial charge in [0, 0.05) is 0 Å². The van der Waals surface area contributed by atoms with Crippen molar-refractivity contribution in [1.82, 2.24) is 0 Å². The monoisotopic (exact) mass is 330 g/mol. The highest BCUT2D eigenvalue weighted by molar-refractivity contribution is 5.31. The van der Waals surface area contributed by atoms with E-state index in [0.29, 0.717) is 12.8 Å². The van der Waals surface area contributed by atoms with E-state index in [1.807, 2.05) is 68.4 Å². The lowest BCUT2D eigenvalue weighted by Gasteiger charge is -2.18. The van der Waals surface area contributed by atoms with Crippen LogP contribution >= 0.6 is 0 Å². The van der Waals surface area contributed by atoms with E-state index in [9.17, 15) is 8.78 Å². The second-order valence-corrected chi connectivity index (χ2v) is 6.26. The summed E-state index contributed by atoms with van der Waals surface area (Å²) in [6.45, 7) is 3.97. The number of methoxy groups -OCH3 is 1. The summed E-state index contributed by atoms with van der Waals surface area (Å²) in [4.78, 5) is 0. The lowest BCUT2D eigenvalue weighted by Crippen LogP contribution is -2.02. The second kappa shape index (κ2) is 8.62. The maximum absolute atomic E-state index is 13.5. The molecule has 2 aromatic carbocycles. The van der Waals surface area contributed by atoms with Crippen molar-refractivity contribution >= 4 is 0 Å². The quantitative estimate of drug-likeness (QED) is 0.560. The molecular weight excluding hydrogens is 306 g/mol. The molecule has 0 N–H and O–H groups in total. The van der Waals surface area contributed by atoms with Crippen molar-refractivity contribution in [3.05, 3.63) is 77.4 Å². The van der Waals surface area contributed by atoms with Crippen LogP contribution in [-0.2, 0) is 0 Å². The van der Waals surface area contributed by atoms with E-state index in [2.05, 4.69) is 0 Å². The van der Waals surface area contributed by atoms with Crippen molar-refractivity contribution in [2.24, 2.45) is 0 Å². The number of hydrogen-bond acceptors (Lipinski definition) is 1. The zero-order chi connectivity index (χ0) is 17.5. The summed E-state index contributed by atoms with van der Waals surface area (Å²) >= 11 is 0. The minimum atomic E-state index is -1.55. The summed E-state index contributed by atoms with van der Waals surface area (Å²) in [6.07, 6.45) is -0.819. The third-order valence-electron chi connectivity index (χ3n) is 4.40. The van der Waals surface area contributed by atoms with Gasteiger partial charge in [0.15, 0.2) is 0 Å². The molecule has 0 saturated heterocycles. The summed E-state index contributed by atoms with van der Waals surface area (Å²) in [5.74, 6) is 0.836. The van der Waals surface area contributed by atoms with E-state index in [0.717, 1.165) is 16.9 Å². The minimum Gasteiger partial charge on any atom is -0.497 e. The van der Waals surface area contributed by atoms with Crippen LogP contribution in [0.15, 0.2) is 66.3 Å². The zero-order valence-corrected chi connectivity index (χ0v) is 14.4. The molecule has 0 bridgehead atoms. The Morgan fingerprint density at radius 2 is 1.46 bits per heavy atom. The summed E-state index contributed by atoms with van der Waals surface area (Å²) in [5.41, 5.74) is 2.34. The largest absolute Gasteiger partial charge is 0.497 e. The first-order valence-electron chi connectivity index (χ1n) is 8.23. The second-order valence-electron chi connectivity index (χ2n) is 6.26. The van der Waals surface area contributed by atoms with Crippen molar-refractivity contribution < 1.29 is 13.5 Å². The number of halogens is 2. The Kier molecular flexibility index (Phi) is 6.53. The molecule has 2 atom stereocenters. The van der Waals surface area contributed by atoms with E-state index in [1.54, 1.807) is 7.11 Å². The number of rotatable bonds is 7. The number of benzene rings is 2. The predicted molar refractivity (Wildman–Crippen MR) is 94.7 cm³/mol. The molecule has 0 aliphatic carbocycles. The lowest BCUT2D eigenvalue weighted by molar-refractivity contribution is 0.397. The summed E-state index contributed by atoms with van der Waals surface area (Å²) < 4.78 is 32.1. The number of hydrogen-bond donors (Lipinski definition) is 0. The number of ether oxygens (including phenoxy) is 1. The van der Waals surface area contributed by atoms with Gasteiger partial charge in [0.05, 0.1) is 7.11 Å². The van der Waals surface area contributed by atoms with Crippen LogP contribution in [-0.4, -0.2) is 7.11 Å². The van der Waals surface area contributed by atoms with E-state index >= 15 is 0 Å². The SMILES string of the molecule is COc1cccc(C(C)CC(CC(C)c2ccccc2)=C(F)F)c1. The Balaban J connectivity index is 2.10. The highest BCUT2D eigenvalue weighted by Gasteiger charge is 2.17. The van der Waals surface area contributed by atoms with E-state index in [-0.39, 0.29) is 17.4 Å². The average Bonchev–Trinajstić information content (AvgIpc) is 2.61. The van der Waals surface area contributed by atoms with Crippen LogP contribution < -0.4 is 4.74 Å². The summed E-state index contributed by atoms with van der Waals surface area (Å²) in [6, 6.07) is 17.4. The first kappa shape index (κ1) is 18.2. The van der Waals surface area contributed by atoms with E-state index in [1.165, 1.54) is 0 Å². The third kappa shape index (κ3) is 4.92. The fourth-order valence-electron chi connectivity index (χ4n) is 2.94. The van der Waals surface area contributed by atoms with Gasteiger partial charge in [-0.1, -0.05) is 56.3 Å². The Morgan fingerprint density at radius 1 is 0.875 bits per heavy atom. The summed E-state index contributed by atoms with van der Waals surface area (Å²) in [7, 11) is 1.61. The predicted octanol–water partition coefficient (Wildman–Crippen LogP) is 6.53. The maximum Gasteiger partial charge on any atom is 0.269 e. The van der Waals surface area contributed by atoms with Crippen molar-refractivity contribution in [2.75, 3.05) is 7.11 Å². The van der Waals surface area contributed by atoms with Crippen LogP contribution in [0, 0.1) is 0 Å². The van der Waals surface area contributed by atoms with Crippen molar-refractivity contribution in [3.63, 3.8) is 0 Å². The molecule has 0 aliphatic heterocycles. The Labute approximate surface area is 143 Å². The molecule has 0 amide bonds. The first-order chi connectivity index (χ1) is 11.5. The molecule has 0 aromatic heterocycles. The fraction of sp³-hybridized carbons (Fsp3) is 0.333. The van der Waals surface area contributed by atoms with Gasteiger partial charge in [-0.3, -0.25) is 0 Å². The molecule has 0 radical (unpaired) electrons. The van der Waals surface area contributed by atoms with Gasteiger partial charge >= 0.3 is 0 Å². The van der Waals surface area contributed by atoms with Crippen LogP contribution in [0.1, 0.15) is 49.7 Å². The maximum atomic E-state index is 13.5. The molecule has 2 rings (SSSR count). The average molecular weight is 330 g/mol. The van der Waals surface area contributed by atoms with Crippen LogP contribution in [0.5, 0.6) is 5.75 Å². The first-order valence-corrected chi connectivity index (χ1v) is 8.23. The molecule has 2 unspecified atom stereocenters. The molecule has 0 aliphatic rings. The van der Waals surface area contributed by atoms with Gasteiger partial charge in [0.25, 0.3) is 6.08 Å². The van der Waals surface area contributed by atoms with Gasteiger partial charge in [-0.2, -0.15) is 8.78 Å². The van der Waals surface area contributed by atoms with Crippen LogP contribution in [0.4, 0.5) is 8.78 Å². The Hall–Kier alpha value is -2.16. The van der Waals surface area contributed by atoms with Crippen molar-refractivity contribution in [2.45, 2.75) is 38.5 Å². The molecule has 24 heavy (non-hydrogen) atoms. The van der Waals surface area contributed by atoms with Gasteiger partial charge < -0.3 is 4.74 Å². The van der Waals surface area contributed by atoms with Gasteiger partial charge in [-0.25, -0.2) is 0 Å². The van der Waals surface area contributed by atoms with E-state index in [4.69, 9.17) is 4.74 Å². The number of allylic oxidation sites excluding steroid dienone is 1. The van der Waals surface area contributed by atoms with E-state index < -0.39 is 6.08 Å². The van der Waals surface area contributed by atoms with Crippen molar-refractivity contribution in [3.8, 4) is 5.75 Å². The molecule has 0 fully saturated rings. The highest BCUT2D eigenvalue weighted by Crippen LogP contribution is 2.33. The van der Waals surface area contributed by atoms with Gasteiger partial charge in [0.1, 0.15) is 5.75 Å². The highest BCUT2D eigenvalue weighted by atomic mass is 19.3. The van der Waals surface area contributed by atoms with Gasteiger partial charge in [-0.15, -0.1) is 0 Å². The molecule has 3 heteroatoms. The molecule has 0 spiro atoms. The molecule has 128 valence electrons.